The predicted octanol–water partition coefficient (Wildman–Crippen LogP) is 3.81. The summed E-state index contributed by atoms with van der Waals surface area (Å²) in [5, 5.41) is 0. The summed E-state index contributed by atoms with van der Waals surface area (Å²) in [5.74, 6) is -1.12. The largest absolute Gasteiger partial charge is 0.406 e. The van der Waals surface area contributed by atoms with E-state index in [2.05, 4.69) is 0 Å². The quantitative estimate of drug-likeness (QED) is 0.732. The summed E-state index contributed by atoms with van der Waals surface area (Å²) in [5.41, 5.74) is 0.724. The highest BCUT2D eigenvalue weighted by atomic mass is 35.5. The zero-order valence-corrected chi connectivity index (χ0v) is 11.9. The molecule has 1 atom stereocenters. The van der Waals surface area contributed by atoms with Crippen LogP contribution in [0.15, 0.2) is 30.3 Å². The molecular weight excluding hydrogens is 291 g/mol. The second-order valence-electron chi connectivity index (χ2n) is 4.44. The minimum Gasteiger partial charge on any atom is -0.332 e. The molecule has 0 heterocycles. The van der Waals surface area contributed by atoms with E-state index in [1.54, 1.807) is 37.3 Å². The van der Waals surface area contributed by atoms with Crippen LogP contribution in [-0.2, 0) is 4.79 Å². The van der Waals surface area contributed by atoms with Gasteiger partial charge in [0.15, 0.2) is 0 Å². The molecular formula is C14H17ClF3NO. The van der Waals surface area contributed by atoms with Gasteiger partial charge in [0.1, 0.15) is 6.54 Å². The van der Waals surface area contributed by atoms with Gasteiger partial charge >= 0.3 is 6.18 Å². The Morgan fingerprint density at radius 3 is 2.35 bits per heavy atom. The maximum atomic E-state index is 12.5. The summed E-state index contributed by atoms with van der Waals surface area (Å²) in [7, 11) is 0. The lowest BCUT2D eigenvalue weighted by Gasteiger charge is -2.27. The van der Waals surface area contributed by atoms with E-state index in [1.165, 1.54) is 0 Å². The first-order valence-electron chi connectivity index (χ1n) is 6.35. The maximum Gasteiger partial charge on any atom is 0.406 e. The van der Waals surface area contributed by atoms with Crippen LogP contribution < -0.4 is 0 Å². The van der Waals surface area contributed by atoms with E-state index in [0.717, 1.165) is 10.5 Å². The maximum absolute atomic E-state index is 12.5. The zero-order valence-electron chi connectivity index (χ0n) is 11.2. The van der Waals surface area contributed by atoms with E-state index < -0.39 is 24.5 Å². The number of alkyl halides is 4. The van der Waals surface area contributed by atoms with Crippen molar-refractivity contribution in [1.82, 2.24) is 4.90 Å². The van der Waals surface area contributed by atoms with Crippen molar-refractivity contribution in [2.75, 3.05) is 19.0 Å². The Kier molecular flexibility index (Phi) is 6.33. The van der Waals surface area contributed by atoms with Gasteiger partial charge in [-0.2, -0.15) is 13.2 Å². The lowest BCUT2D eigenvalue weighted by atomic mass is 9.95. The van der Waals surface area contributed by atoms with E-state index in [4.69, 9.17) is 11.6 Å². The molecule has 0 saturated heterocycles. The average Bonchev–Trinajstić information content (AvgIpc) is 2.39. The van der Waals surface area contributed by atoms with Crippen LogP contribution in [0, 0.1) is 0 Å². The minimum absolute atomic E-state index is 0.0208. The van der Waals surface area contributed by atoms with Crippen LogP contribution >= 0.6 is 11.6 Å². The summed E-state index contributed by atoms with van der Waals surface area (Å²) in [6.07, 6.45) is -3.98. The van der Waals surface area contributed by atoms with E-state index in [0.29, 0.717) is 6.42 Å². The molecule has 1 amide bonds. The Bertz CT molecular complexity index is 422. The molecule has 0 aliphatic rings. The molecule has 112 valence electrons. The number of amides is 1. The first-order chi connectivity index (χ1) is 9.39. The third-order valence-corrected chi connectivity index (χ3v) is 3.11. The van der Waals surface area contributed by atoms with E-state index in [1.807, 2.05) is 0 Å². The van der Waals surface area contributed by atoms with Gasteiger partial charge in [-0.25, -0.2) is 0 Å². The smallest absolute Gasteiger partial charge is 0.332 e. The molecule has 6 heteroatoms. The fourth-order valence-corrected chi connectivity index (χ4v) is 2.25. The summed E-state index contributed by atoms with van der Waals surface area (Å²) < 4.78 is 37.6. The first-order valence-corrected chi connectivity index (χ1v) is 6.89. The summed E-state index contributed by atoms with van der Waals surface area (Å²) >= 11 is 5.50. The molecule has 0 N–H and O–H groups in total. The van der Waals surface area contributed by atoms with Crippen molar-refractivity contribution in [1.29, 1.82) is 0 Å². The summed E-state index contributed by atoms with van der Waals surface area (Å²) in [4.78, 5) is 13.1. The van der Waals surface area contributed by atoms with Crippen molar-refractivity contribution in [3.63, 3.8) is 0 Å². The van der Waals surface area contributed by atoms with Crippen molar-refractivity contribution in [3.05, 3.63) is 35.9 Å². The molecule has 0 aliphatic carbocycles. The molecule has 1 rings (SSSR count). The third kappa shape index (κ3) is 5.04. The lowest BCUT2D eigenvalue weighted by molar-refractivity contribution is -0.161. The van der Waals surface area contributed by atoms with E-state index >= 15 is 0 Å². The van der Waals surface area contributed by atoms with Gasteiger partial charge < -0.3 is 4.90 Å². The number of benzene rings is 1. The molecule has 0 aliphatic heterocycles. The van der Waals surface area contributed by atoms with Crippen molar-refractivity contribution < 1.29 is 18.0 Å². The molecule has 0 saturated carbocycles. The van der Waals surface area contributed by atoms with Gasteiger partial charge in [-0.05, 0) is 12.0 Å². The van der Waals surface area contributed by atoms with Crippen molar-refractivity contribution in [3.8, 4) is 0 Å². The van der Waals surface area contributed by atoms with E-state index in [9.17, 15) is 18.0 Å². The van der Waals surface area contributed by atoms with Crippen LogP contribution in [0.3, 0.4) is 0 Å². The number of rotatable bonds is 6. The van der Waals surface area contributed by atoms with Gasteiger partial charge in [-0.3, -0.25) is 4.79 Å². The number of halogens is 4. The van der Waals surface area contributed by atoms with Crippen LogP contribution in [-0.4, -0.2) is 36.0 Å². The molecule has 2 nitrogen and oxygen atoms in total. The van der Waals surface area contributed by atoms with Crippen LogP contribution in [0.5, 0.6) is 0 Å². The Balaban J connectivity index is 2.91. The highest BCUT2D eigenvalue weighted by molar-refractivity contribution is 6.18. The molecule has 0 radical (unpaired) electrons. The second-order valence-corrected chi connectivity index (χ2v) is 4.81. The van der Waals surface area contributed by atoms with Gasteiger partial charge in [0.2, 0.25) is 5.91 Å². The zero-order chi connectivity index (χ0) is 15.2. The molecule has 1 aromatic rings. The number of nitrogens with zero attached hydrogens (tertiary/aromatic N) is 1. The monoisotopic (exact) mass is 307 g/mol. The summed E-state index contributed by atoms with van der Waals surface area (Å²) in [6, 6.07) is 8.83. The number of carbonyl (C=O) groups excluding carboxylic acids is 1. The Morgan fingerprint density at radius 1 is 1.30 bits per heavy atom. The first kappa shape index (κ1) is 16.8. The van der Waals surface area contributed by atoms with Crippen LogP contribution in [0.2, 0.25) is 0 Å². The average molecular weight is 308 g/mol. The van der Waals surface area contributed by atoms with Crippen molar-refractivity contribution >= 4 is 17.5 Å². The fraction of sp³-hybridized carbons (Fsp3) is 0.500. The van der Waals surface area contributed by atoms with Gasteiger partial charge in [0.05, 0.1) is 5.92 Å². The minimum atomic E-state index is -4.42. The predicted molar refractivity (Wildman–Crippen MR) is 72.8 cm³/mol. The van der Waals surface area contributed by atoms with Crippen LogP contribution in [0.25, 0.3) is 0 Å². The number of hydrogen-bond acceptors (Lipinski definition) is 1. The normalized spacial score (nSPS) is 13.1. The highest BCUT2D eigenvalue weighted by Gasteiger charge is 2.35. The highest BCUT2D eigenvalue weighted by Crippen LogP contribution is 2.24. The van der Waals surface area contributed by atoms with Gasteiger partial charge in [0.25, 0.3) is 0 Å². The number of carbonyl (C=O) groups is 1. The van der Waals surface area contributed by atoms with Crippen molar-refractivity contribution in [2.45, 2.75) is 25.4 Å². The SMILES string of the molecule is CCC(C(=O)N(CCCl)CC(F)(F)F)c1ccccc1. The van der Waals surface area contributed by atoms with Gasteiger partial charge in [-0.1, -0.05) is 37.3 Å². The molecule has 20 heavy (non-hydrogen) atoms. The van der Waals surface area contributed by atoms with Crippen LogP contribution in [0.4, 0.5) is 13.2 Å². The van der Waals surface area contributed by atoms with E-state index in [-0.39, 0.29) is 12.4 Å². The lowest BCUT2D eigenvalue weighted by Crippen LogP contribution is -2.42. The topological polar surface area (TPSA) is 20.3 Å². The second kappa shape index (κ2) is 7.53. The molecule has 0 aromatic heterocycles. The standard InChI is InChI=1S/C14H17ClF3NO/c1-2-12(11-6-4-3-5-7-11)13(20)19(9-8-15)10-14(16,17)18/h3-7,12H,2,8-10H2,1H3. The Hall–Kier alpha value is -1.23. The molecule has 0 spiro atoms. The third-order valence-electron chi connectivity index (χ3n) is 2.94. The Labute approximate surface area is 121 Å². The molecule has 1 unspecified atom stereocenters. The molecule has 1 aromatic carbocycles. The van der Waals surface area contributed by atoms with Gasteiger partial charge in [0, 0.05) is 12.4 Å². The fourth-order valence-electron chi connectivity index (χ4n) is 2.04. The summed E-state index contributed by atoms with van der Waals surface area (Å²) in [6.45, 7) is 0.410. The van der Waals surface area contributed by atoms with Crippen molar-refractivity contribution in [2.24, 2.45) is 0 Å². The van der Waals surface area contributed by atoms with Crippen LogP contribution in [0.1, 0.15) is 24.8 Å². The molecule has 0 bridgehead atoms. The molecule has 0 fully saturated rings. The Morgan fingerprint density at radius 2 is 1.90 bits per heavy atom. The number of hydrogen-bond donors (Lipinski definition) is 0. The van der Waals surface area contributed by atoms with Gasteiger partial charge in [-0.15, -0.1) is 11.6 Å².